The molecule has 1 aromatic rings. The second-order valence-corrected chi connectivity index (χ2v) is 4.43. The van der Waals surface area contributed by atoms with Crippen LogP contribution in [0.15, 0.2) is 22.4 Å². The molecule has 1 aromatic heterocycles. The Hall–Kier alpha value is -1.55. The molecule has 0 N–H and O–H groups in total. The van der Waals surface area contributed by atoms with Gasteiger partial charge in [-0.3, -0.25) is 0 Å². The maximum absolute atomic E-state index is 5.42. The van der Waals surface area contributed by atoms with E-state index < -0.39 is 0 Å². The average Bonchev–Trinajstić information content (AvgIpc) is 2.58. The van der Waals surface area contributed by atoms with Crippen molar-refractivity contribution in [2.45, 2.75) is 27.0 Å². The molecule has 0 saturated carbocycles. The van der Waals surface area contributed by atoms with Crippen molar-refractivity contribution in [2.75, 3.05) is 14.2 Å². The molecule has 0 fully saturated rings. The summed E-state index contributed by atoms with van der Waals surface area (Å²) in [4.78, 5) is 2.05. The Bertz CT molecular complexity index is 466. The predicted molar refractivity (Wildman–Crippen MR) is 66.3 cm³/mol. The summed E-state index contributed by atoms with van der Waals surface area (Å²) in [6.07, 6.45) is 4.20. The van der Waals surface area contributed by atoms with Gasteiger partial charge in [0.15, 0.2) is 6.23 Å². The van der Waals surface area contributed by atoms with Crippen LogP contribution in [0.4, 0.5) is 0 Å². The SMILES string of the molecule is COC1C(C)=CC(c2c(C)noc2C)=CN1C. The maximum Gasteiger partial charge on any atom is 0.151 e. The van der Waals surface area contributed by atoms with Gasteiger partial charge in [-0.05, 0) is 32.4 Å². The minimum Gasteiger partial charge on any atom is -0.361 e. The van der Waals surface area contributed by atoms with Gasteiger partial charge in [-0.2, -0.15) is 0 Å². The number of methoxy groups -OCH3 is 1. The van der Waals surface area contributed by atoms with Gasteiger partial charge in [0.1, 0.15) is 5.76 Å². The third kappa shape index (κ3) is 2.00. The average molecular weight is 234 g/mol. The molecule has 0 bridgehead atoms. The molecule has 2 heterocycles. The van der Waals surface area contributed by atoms with Crippen LogP contribution in [0.3, 0.4) is 0 Å². The van der Waals surface area contributed by atoms with E-state index in [0.717, 1.165) is 22.6 Å². The molecular weight excluding hydrogens is 216 g/mol. The topological polar surface area (TPSA) is 38.5 Å². The van der Waals surface area contributed by atoms with Gasteiger partial charge < -0.3 is 14.2 Å². The highest BCUT2D eigenvalue weighted by Crippen LogP contribution is 2.29. The van der Waals surface area contributed by atoms with Crippen molar-refractivity contribution in [1.29, 1.82) is 0 Å². The van der Waals surface area contributed by atoms with Crippen LogP contribution >= 0.6 is 0 Å². The monoisotopic (exact) mass is 234 g/mol. The van der Waals surface area contributed by atoms with Gasteiger partial charge >= 0.3 is 0 Å². The van der Waals surface area contributed by atoms with Crippen LogP contribution in [0.25, 0.3) is 5.57 Å². The van der Waals surface area contributed by atoms with E-state index in [2.05, 4.69) is 29.3 Å². The summed E-state index contributed by atoms with van der Waals surface area (Å²) in [7, 11) is 3.72. The summed E-state index contributed by atoms with van der Waals surface area (Å²) < 4.78 is 10.6. The first-order valence-corrected chi connectivity index (χ1v) is 5.62. The Balaban J connectivity index is 2.43. The van der Waals surface area contributed by atoms with E-state index in [1.54, 1.807) is 7.11 Å². The number of hydrogen-bond acceptors (Lipinski definition) is 4. The van der Waals surface area contributed by atoms with Gasteiger partial charge in [0.05, 0.1) is 5.69 Å². The van der Waals surface area contributed by atoms with E-state index in [-0.39, 0.29) is 6.23 Å². The largest absolute Gasteiger partial charge is 0.361 e. The number of aryl methyl sites for hydroxylation is 2. The number of rotatable bonds is 2. The fraction of sp³-hybridized carbons (Fsp3) is 0.462. The lowest BCUT2D eigenvalue weighted by Crippen LogP contribution is -2.32. The predicted octanol–water partition coefficient (Wildman–Crippen LogP) is 2.50. The number of likely N-dealkylation sites (N-methyl/N-ethyl adjacent to an activating group) is 1. The van der Waals surface area contributed by atoms with Gasteiger partial charge in [0, 0.05) is 31.5 Å². The Morgan fingerprint density at radius 3 is 2.53 bits per heavy atom. The summed E-state index contributed by atoms with van der Waals surface area (Å²) in [5, 5.41) is 3.99. The highest BCUT2D eigenvalue weighted by atomic mass is 16.5. The molecule has 92 valence electrons. The fourth-order valence-corrected chi connectivity index (χ4v) is 2.35. The molecule has 1 atom stereocenters. The lowest BCUT2D eigenvalue weighted by molar-refractivity contribution is 0.0359. The molecule has 4 nitrogen and oxygen atoms in total. The zero-order valence-electron chi connectivity index (χ0n) is 10.9. The Morgan fingerprint density at radius 1 is 1.35 bits per heavy atom. The molecule has 1 aliphatic heterocycles. The molecule has 0 saturated heterocycles. The molecule has 0 amide bonds. The van der Waals surface area contributed by atoms with Crippen LogP contribution in [0.2, 0.25) is 0 Å². The van der Waals surface area contributed by atoms with Crippen LogP contribution in [-0.2, 0) is 4.74 Å². The van der Waals surface area contributed by atoms with Crippen molar-refractivity contribution >= 4 is 5.57 Å². The molecule has 17 heavy (non-hydrogen) atoms. The minimum atomic E-state index is 0.0132. The van der Waals surface area contributed by atoms with Crippen molar-refractivity contribution in [3.8, 4) is 0 Å². The Labute approximate surface area is 102 Å². The van der Waals surface area contributed by atoms with Gasteiger partial charge in [-0.15, -0.1) is 0 Å². The van der Waals surface area contributed by atoms with Crippen molar-refractivity contribution in [3.05, 3.63) is 34.9 Å². The molecule has 2 rings (SSSR count). The second kappa shape index (κ2) is 4.37. The van der Waals surface area contributed by atoms with Crippen molar-refractivity contribution in [2.24, 2.45) is 0 Å². The number of hydrogen-bond donors (Lipinski definition) is 0. The summed E-state index contributed by atoms with van der Waals surface area (Å²) in [5.74, 6) is 0.849. The number of nitrogens with zero attached hydrogens (tertiary/aromatic N) is 2. The first-order valence-electron chi connectivity index (χ1n) is 5.62. The highest BCUT2D eigenvalue weighted by Gasteiger charge is 2.22. The molecule has 4 heteroatoms. The first-order chi connectivity index (χ1) is 8.04. The van der Waals surface area contributed by atoms with Crippen LogP contribution < -0.4 is 0 Å². The summed E-state index contributed by atoms with van der Waals surface area (Å²) in [5.41, 5.74) is 4.29. The smallest absolute Gasteiger partial charge is 0.151 e. The molecule has 1 aliphatic rings. The van der Waals surface area contributed by atoms with Gasteiger partial charge in [-0.1, -0.05) is 5.16 Å². The van der Waals surface area contributed by atoms with E-state index in [9.17, 15) is 0 Å². The number of allylic oxidation sites excluding steroid dienone is 2. The Kier molecular flexibility index (Phi) is 3.07. The van der Waals surface area contributed by atoms with Crippen LogP contribution in [0.1, 0.15) is 23.9 Å². The molecule has 1 unspecified atom stereocenters. The summed E-state index contributed by atoms with van der Waals surface area (Å²) in [6.45, 7) is 5.95. The molecule has 0 radical (unpaired) electrons. The van der Waals surface area contributed by atoms with Gasteiger partial charge in [0.25, 0.3) is 0 Å². The van der Waals surface area contributed by atoms with Gasteiger partial charge in [-0.25, -0.2) is 0 Å². The summed E-state index contributed by atoms with van der Waals surface area (Å²) >= 11 is 0. The van der Waals surface area contributed by atoms with E-state index in [0.29, 0.717) is 0 Å². The van der Waals surface area contributed by atoms with E-state index in [4.69, 9.17) is 9.26 Å². The second-order valence-electron chi connectivity index (χ2n) is 4.43. The minimum absolute atomic E-state index is 0.0132. The fourth-order valence-electron chi connectivity index (χ4n) is 2.35. The Morgan fingerprint density at radius 2 is 2.06 bits per heavy atom. The molecule has 0 spiro atoms. The zero-order valence-corrected chi connectivity index (χ0v) is 10.9. The number of ether oxygens (including phenoxy) is 1. The van der Waals surface area contributed by atoms with E-state index in [1.807, 2.05) is 20.9 Å². The lowest BCUT2D eigenvalue weighted by Gasteiger charge is -2.30. The lowest BCUT2D eigenvalue weighted by atomic mass is 9.99. The van der Waals surface area contributed by atoms with E-state index >= 15 is 0 Å². The highest BCUT2D eigenvalue weighted by molar-refractivity contribution is 5.77. The molecular formula is C13H18N2O2. The summed E-state index contributed by atoms with van der Waals surface area (Å²) in [6, 6.07) is 0. The molecule has 0 aromatic carbocycles. The van der Waals surface area contributed by atoms with Crippen molar-refractivity contribution in [3.63, 3.8) is 0 Å². The third-order valence-corrected chi connectivity index (χ3v) is 3.03. The van der Waals surface area contributed by atoms with Crippen molar-refractivity contribution in [1.82, 2.24) is 10.1 Å². The maximum atomic E-state index is 5.42. The zero-order chi connectivity index (χ0) is 12.6. The normalized spacial score (nSPS) is 20.3. The van der Waals surface area contributed by atoms with Crippen LogP contribution in [0, 0.1) is 13.8 Å². The third-order valence-electron chi connectivity index (χ3n) is 3.03. The van der Waals surface area contributed by atoms with Gasteiger partial charge in [0.2, 0.25) is 0 Å². The standard InChI is InChI=1S/C13H18N2O2/c1-8-6-11(7-15(4)13(8)16-5)12-9(2)14-17-10(12)3/h6-7,13H,1-5H3. The first kappa shape index (κ1) is 11.9. The quantitative estimate of drug-likeness (QED) is 0.788. The number of aromatic nitrogens is 1. The van der Waals surface area contributed by atoms with Crippen molar-refractivity contribution < 1.29 is 9.26 Å². The van der Waals surface area contributed by atoms with Crippen LogP contribution in [-0.4, -0.2) is 30.4 Å². The van der Waals surface area contributed by atoms with E-state index in [1.165, 1.54) is 5.57 Å². The molecule has 0 aliphatic carbocycles. The van der Waals surface area contributed by atoms with Crippen LogP contribution in [0.5, 0.6) is 0 Å².